The molecule has 0 saturated carbocycles. The van der Waals surface area contributed by atoms with Crippen LogP contribution in [0.15, 0.2) is 118 Å². The zero-order valence-corrected chi connectivity index (χ0v) is 21.2. The summed E-state index contributed by atoms with van der Waals surface area (Å²) in [5.41, 5.74) is 5.51. The highest BCUT2D eigenvalue weighted by molar-refractivity contribution is 6.32. The minimum Gasteiger partial charge on any atom is -0.456 e. The summed E-state index contributed by atoms with van der Waals surface area (Å²) in [6, 6.07) is 35.5. The molecule has 3 aromatic heterocycles. The van der Waals surface area contributed by atoms with Gasteiger partial charge in [0.25, 0.3) is 0 Å². The molecule has 0 saturated heterocycles. The number of nitrogens with zero attached hydrogens (tertiary/aromatic N) is 3. The zero-order valence-electron chi connectivity index (χ0n) is 20.4. The van der Waals surface area contributed by atoms with Gasteiger partial charge in [-0.05, 0) is 30.3 Å². The molecule has 0 bridgehead atoms. The lowest BCUT2D eigenvalue weighted by Gasteiger charge is -2.10. The van der Waals surface area contributed by atoms with Crippen LogP contribution in [-0.2, 0) is 0 Å². The maximum absolute atomic E-state index is 6.65. The minimum absolute atomic E-state index is 0.482. The Labute approximate surface area is 227 Å². The second kappa shape index (κ2) is 8.51. The third-order valence-electron chi connectivity index (χ3n) is 6.99. The largest absolute Gasteiger partial charge is 0.456 e. The van der Waals surface area contributed by atoms with Gasteiger partial charge < -0.3 is 8.83 Å². The van der Waals surface area contributed by atoms with Crippen LogP contribution in [-0.4, -0.2) is 15.0 Å². The first-order chi connectivity index (χ1) is 19.2. The fourth-order valence-electron chi connectivity index (χ4n) is 5.25. The number of hydrogen-bond donors (Lipinski definition) is 0. The van der Waals surface area contributed by atoms with Crippen molar-refractivity contribution >= 4 is 55.5 Å². The fourth-order valence-corrected chi connectivity index (χ4v) is 5.47. The smallest absolute Gasteiger partial charge is 0.167 e. The lowest BCUT2D eigenvalue weighted by atomic mass is 10.0. The first-order valence-electron chi connectivity index (χ1n) is 12.6. The van der Waals surface area contributed by atoms with Crippen LogP contribution in [0.2, 0.25) is 5.02 Å². The highest BCUT2D eigenvalue weighted by atomic mass is 35.5. The van der Waals surface area contributed by atoms with E-state index in [1.807, 2.05) is 103 Å². The van der Waals surface area contributed by atoms with Crippen molar-refractivity contribution in [1.82, 2.24) is 15.0 Å². The molecule has 0 unspecified atom stereocenters. The molecule has 39 heavy (non-hydrogen) atoms. The third-order valence-corrected chi connectivity index (χ3v) is 7.21. The number of fused-ring (bicyclic) bond motifs is 6. The molecule has 184 valence electrons. The number of rotatable bonds is 3. The Bertz CT molecular complexity index is 2200. The van der Waals surface area contributed by atoms with Gasteiger partial charge in [-0.25, -0.2) is 15.0 Å². The van der Waals surface area contributed by atoms with Crippen molar-refractivity contribution in [3.63, 3.8) is 0 Å². The number of benzene rings is 5. The van der Waals surface area contributed by atoms with Crippen LogP contribution in [0.4, 0.5) is 0 Å². The van der Waals surface area contributed by atoms with Gasteiger partial charge in [-0.2, -0.15) is 0 Å². The number of aromatic nitrogens is 3. The lowest BCUT2D eigenvalue weighted by molar-refractivity contribution is 0.668. The molecule has 5 aromatic carbocycles. The summed E-state index contributed by atoms with van der Waals surface area (Å²) in [4.78, 5) is 14.9. The van der Waals surface area contributed by atoms with E-state index in [1.165, 1.54) is 0 Å². The van der Waals surface area contributed by atoms with Crippen LogP contribution in [0, 0.1) is 0 Å². The Balaban J connectivity index is 1.46. The first-order valence-corrected chi connectivity index (χ1v) is 12.9. The molecule has 8 rings (SSSR count). The van der Waals surface area contributed by atoms with Gasteiger partial charge >= 0.3 is 0 Å². The predicted octanol–water partition coefficient (Wildman–Crippen LogP) is 9.32. The molecular weight excluding hydrogens is 506 g/mol. The molecule has 0 atom stereocenters. The minimum atomic E-state index is 0.482. The summed E-state index contributed by atoms with van der Waals surface area (Å²) in [6.07, 6.45) is 0. The Morgan fingerprint density at radius 3 is 1.95 bits per heavy atom. The van der Waals surface area contributed by atoms with Gasteiger partial charge in [0.05, 0.1) is 5.56 Å². The molecular formula is C33H18ClN3O2. The van der Waals surface area contributed by atoms with Crippen LogP contribution < -0.4 is 0 Å². The quantitative estimate of drug-likeness (QED) is 0.231. The number of halogens is 1. The third kappa shape index (κ3) is 3.51. The van der Waals surface area contributed by atoms with Gasteiger partial charge in [-0.1, -0.05) is 90.5 Å². The normalized spacial score (nSPS) is 11.7. The molecule has 0 aliphatic heterocycles. The molecule has 6 heteroatoms. The highest BCUT2D eigenvalue weighted by Gasteiger charge is 2.20. The van der Waals surface area contributed by atoms with E-state index in [4.69, 9.17) is 35.4 Å². The molecule has 5 nitrogen and oxygen atoms in total. The Morgan fingerprint density at radius 2 is 1.13 bits per heavy atom. The highest BCUT2D eigenvalue weighted by Crippen LogP contribution is 2.39. The van der Waals surface area contributed by atoms with Crippen LogP contribution in [0.3, 0.4) is 0 Å². The lowest BCUT2D eigenvalue weighted by Crippen LogP contribution is -2.00. The van der Waals surface area contributed by atoms with Crippen LogP contribution in [0.25, 0.3) is 78.0 Å². The summed E-state index contributed by atoms with van der Waals surface area (Å²) in [7, 11) is 0. The fraction of sp³-hybridized carbons (Fsp3) is 0. The van der Waals surface area contributed by atoms with E-state index in [0.717, 1.165) is 49.4 Å². The molecule has 0 spiro atoms. The van der Waals surface area contributed by atoms with E-state index in [-0.39, 0.29) is 0 Å². The summed E-state index contributed by atoms with van der Waals surface area (Å²) >= 11 is 6.65. The summed E-state index contributed by atoms with van der Waals surface area (Å²) < 4.78 is 12.5. The van der Waals surface area contributed by atoms with E-state index in [2.05, 4.69) is 6.07 Å². The topological polar surface area (TPSA) is 65.0 Å². The maximum atomic E-state index is 6.65. The first kappa shape index (κ1) is 22.0. The second-order valence-corrected chi connectivity index (χ2v) is 9.81. The van der Waals surface area contributed by atoms with Crippen molar-refractivity contribution in [1.29, 1.82) is 0 Å². The summed E-state index contributed by atoms with van der Waals surface area (Å²) in [5, 5.41) is 4.45. The number of hydrogen-bond acceptors (Lipinski definition) is 5. The van der Waals surface area contributed by atoms with Gasteiger partial charge in [0.1, 0.15) is 22.3 Å². The molecule has 0 amide bonds. The monoisotopic (exact) mass is 523 g/mol. The maximum Gasteiger partial charge on any atom is 0.167 e. The molecule has 3 heterocycles. The van der Waals surface area contributed by atoms with E-state index in [0.29, 0.717) is 33.6 Å². The van der Waals surface area contributed by atoms with Gasteiger partial charge in [-0.3, -0.25) is 0 Å². The molecule has 0 aliphatic carbocycles. The SMILES string of the molecule is Clc1cc(-c2nc(-c3ccccc3)nc(-c3cccc4oc5ccccc5c34)n2)c2oc3ccccc3c2c1. The van der Waals surface area contributed by atoms with Crippen LogP contribution in [0.1, 0.15) is 0 Å². The van der Waals surface area contributed by atoms with E-state index >= 15 is 0 Å². The van der Waals surface area contributed by atoms with Gasteiger partial charge in [-0.15, -0.1) is 0 Å². The standard InChI is InChI=1S/C33H18ClN3O2/c34-20-17-24-21-11-4-6-14-26(21)39-30(24)25(18-20)33-36-31(19-9-2-1-3-10-19)35-32(37-33)23-13-8-16-28-29(23)22-12-5-7-15-27(22)38-28/h1-18H. The molecule has 0 aliphatic rings. The predicted molar refractivity (Wildman–Crippen MR) is 156 cm³/mol. The Morgan fingerprint density at radius 1 is 0.487 bits per heavy atom. The van der Waals surface area contributed by atoms with Gasteiger partial charge in [0, 0.05) is 37.7 Å². The van der Waals surface area contributed by atoms with E-state index < -0.39 is 0 Å². The molecule has 8 aromatic rings. The van der Waals surface area contributed by atoms with Gasteiger partial charge in [0.15, 0.2) is 17.5 Å². The molecule has 0 N–H and O–H groups in total. The number of furan rings is 2. The Kier molecular flexibility index (Phi) is 4.81. The van der Waals surface area contributed by atoms with Gasteiger partial charge in [0.2, 0.25) is 0 Å². The van der Waals surface area contributed by atoms with E-state index in [9.17, 15) is 0 Å². The van der Waals surface area contributed by atoms with Crippen molar-refractivity contribution in [3.8, 4) is 34.2 Å². The average molecular weight is 524 g/mol. The van der Waals surface area contributed by atoms with Crippen molar-refractivity contribution in [3.05, 3.63) is 114 Å². The van der Waals surface area contributed by atoms with Crippen molar-refractivity contribution in [2.45, 2.75) is 0 Å². The second-order valence-electron chi connectivity index (χ2n) is 9.38. The van der Waals surface area contributed by atoms with Crippen LogP contribution >= 0.6 is 11.6 Å². The van der Waals surface area contributed by atoms with E-state index in [1.54, 1.807) is 0 Å². The summed E-state index contributed by atoms with van der Waals surface area (Å²) in [5.74, 6) is 1.58. The van der Waals surface area contributed by atoms with Crippen LogP contribution in [0.5, 0.6) is 0 Å². The molecule has 0 radical (unpaired) electrons. The molecule has 0 fully saturated rings. The van der Waals surface area contributed by atoms with Crippen molar-refractivity contribution < 1.29 is 8.83 Å². The number of para-hydroxylation sites is 2. The Hall–Kier alpha value is -5.00. The van der Waals surface area contributed by atoms with Crippen molar-refractivity contribution in [2.75, 3.05) is 0 Å². The zero-order chi connectivity index (χ0) is 25.9. The average Bonchev–Trinajstić information content (AvgIpc) is 3.55. The summed E-state index contributed by atoms with van der Waals surface area (Å²) in [6.45, 7) is 0. The van der Waals surface area contributed by atoms with Crippen molar-refractivity contribution in [2.24, 2.45) is 0 Å².